The number of rotatable bonds is 7. The van der Waals surface area contributed by atoms with E-state index < -0.39 is 10.0 Å². The number of hydrazone groups is 1. The van der Waals surface area contributed by atoms with Crippen LogP contribution in [0.1, 0.15) is 28.4 Å². The highest BCUT2D eigenvalue weighted by atomic mass is 35.5. The number of hydrogen-bond donors (Lipinski definition) is 1. The minimum absolute atomic E-state index is 0.165. The van der Waals surface area contributed by atoms with Gasteiger partial charge < -0.3 is 0 Å². The van der Waals surface area contributed by atoms with Gasteiger partial charge in [-0.25, -0.2) is 13.8 Å². The fraction of sp³-hybridized carbons (Fsp3) is 0.130. The summed E-state index contributed by atoms with van der Waals surface area (Å²) in [4.78, 5) is 12.4. The molecule has 8 heteroatoms. The van der Waals surface area contributed by atoms with E-state index in [2.05, 4.69) is 10.5 Å². The van der Waals surface area contributed by atoms with Crippen molar-refractivity contribution in [3.63, 3.8) is 0 Å². The lowest BCUT2D eigenvalue weighted by atomic mass is 10.1. The second kappa shape index (κ2) is 9.76. The molecule has 0 radical (unpaired) electrons. The Labute approximate surface area is 187 Å². The van der Waals surface area contributed by atoms with Crippen LogP contribution in [0.3, 0.4) is 0 Å². The summed E-state index contributed by atoms with van der Waals surface area (Å²) >= 11 is 5.88. The van der Waals surface area contributed by atoms with Crippen LogP contribution in [0.25, 0.3) is 0 Å². The van der Waals surface area contributed by atoms with E-state index in [0.29, 0.717) is 22.0 Å². The maximum absolute atomic E-state index is 12.4. The predicted octanol–water partition coefficient (Wildman–Crippen LogP) is 4.46. The molecule has 0 atom stereocenters. The zero-order valence-electron chi connectivity index (χ0n) is 17.1. The fourth-order valence-corrected chi connectivity index (χ4v) is 3.89. The largest absolute Gasteiger partial charge is 0.271 e. The van der Waals surface area contributed by atoms with E-state index in [9.17, 15) is 13.2 Å². The molecule has 0 aliphatic rings. The van der Waals surface area contributed by atoms with Gasteiger partial charge in [0.15, 0.2) is 0 Å². The van der Waals surface area contributed by atoms with Crippen molar-refractivity contribution in [3.05, 3.63) is 101 Å². The van der Waals surface area contributed by atoms with Gasteiger partial charge in [0.2, 0.25) is 10.0 Å². The Morgan fingerprint density at radius 2 is 1.52 bits per heavy atom. The maximum Gasteiger partial charge on any atom is 0.271 e. The summed E-state index contributed by atoms with van der Waals surface area (Å²) in [5.74, 6) is -0.358. The normalized spacial score (nSPS) is 11.8. The number of carbonyl (C=O) groups is 1. The van der Waals surface area contributed by atoms with Gasteiger partial charge >= 0.3 is 0 Å². The lowest BCUT2D eigenvalue weighted by Crippen LogP contribution is -2.29. The quantitative estimate of drug-likeness (QED) is 0.422. The number of amides is 1. The topological polar surface area (TPSA) is 78.8 Å². The molecular formula is C23H22ClN3O3S. The van der Waals surface area contributed by atoms with Crippen molar-refractivity contribution in [3.8, 4) is 0 Å². The van der Waals surface area contributed by atoms with E-state index in [-0.39, 0.29) is 12.5 Å². The summed E-state index contributed by atoms with van der Waals surface area (Å²) in [7, 11) is -3.46. The van der Waals surface area contributed by atoms with Gasteiger partial charge in [0.1, 0.15) is 0 Å². The highest BCUT2D eigenvalue weighted by Gasteiger charge is 2.17. The molecule has 0 heterocycles. The number of halogens is 1. The van der Waals surface area contributed by atoms with Gasteiger partial charge in [-0.05, 0) is 54.4 Å². The van der Waals surface area contributed by atoms with E-state index in [0.717, 1.165) is 11.1 Å². The first kappa shape index (κ1) is 22.5. The number of anilines is 1. The van der Waals surface area contributed by atoms with Gasteiger partial charge in [0.25, 0.3) is 5.91 Å². The molecule has 0 fully saturated rings. The lowest BCUT2D eigenvalue weighted by Gasteiger charge is -2.22. The SMILES string of the molecule is C/C(=N/NC(=O)c1ccc(CN(c2ccccc2)S(C)(=O)=O)cc1)c1ccc(Cl)cc1. The molecule has 31 heavy (non-hydrogen) atoms. The number of carbonyl (C=O) groups excluding carboxylic acids is 1. The van der Waals surface area contributed by atoms with Crippen LogP contribution >= 0.6 is 11.6 Å². The molecule has 1 amide bonds. The molecule has 0 aromatic heterocycles. The molecule has 0 aliphatic heterocycles. The van der Waals surface area contributed by atoms with Crippen LogP contribution in [-0.2, 0) is 16.6 Å². The molecule has 160 valence electrons. The third-order valence-electron chi connectivity index (χ3n) is 4.57. The van der Waals surface area contributed by atoms with E-state index >= 15 is 0 Å². The van der Waals surface area contributed by atoms with Gasteiger partial charge in [0, 0.05) is 10.6 Å². The van der Waals surface area contributed by atoms with E-state index in [1.54, 1.807) is 67.6 Å². The Morgan fingerprint density at radius 1 is 0.935 bits per heavy atom. The Morgan fingerprint density at radius 3 is 2.10 bits per heavy atom. The minimum atomic E-state index is -3.46. The Kier molecular flexibility index (Phi) is 7.09. The fourth-order valence-electron chi connectivity index (χ4n) is 2.88. The summed E-state index contributed by atoms with van der Waals surface area (Å²) in [6.45, 7) is 1.95. The van der Waals surface area contributed by atoms with Gasteiger partial charge in [-0.3, -0.25) is 9.10 Å². The van der Waals surface area contributed by atoms with Crippen LogP contribution in [0, 0.1) is 0 Å². The highest BCUT2D eigenvalue weighted by Crippen LogP contribution is 2.20. The van der Waals surface area contributed by atoms with Crippen LogP contribution < -0.4 is 9.73 Å². The van der Waals surface area contributed by atoms with Gasteiger partial charge in [-0.2, -0.15) is 5.10 Å². The molecule has 0 saturated carbocycles. The molecular weight excluding hydrogens is 434 g/mol. The summed E-state index contributed by atoms with van der Waals surface area (Å²) in [6, 6.07) is 22.8. The number of hydrogen-bond acceptors (Lipinski definition) is 4. The van der Waals surface area contributed by atoms with Gasteiger partial charge in [-0.1, -0.05) is 54.1 Å². The third-order valence-corrected chi connectivity index (χ3v) is 5.97. The minimum Gasteiger partial charge on any atom is -0.267 e. The van der Waals surface area contributed by atoms with Crippen molar-refractivity contribution in [2.75, 3.05) is 10.6 Å². The first-order chi connectivity index (χ1) is 14.7. The summed E-state index contributed by atoms with van der Waals surface area (Å²) in [5, 5.41) is 4.76. The first-order valence-electron chi connectivity index (χ1n) is 9.46. The zero-order valence-corrected chi connectivity index (χ0v) is 18.7. The van der Waals surface area contributed by atoms with E-state index in [1.165, 1.54) is 10.6 Å². The number of nitrogens with zero attached hydrogens (tertiary/aromatic N) is 2. The predicted molar refractivity (Wildman–Crippen MR) is 125 cm³/mol. The Balaban J connectivity index is 1.69. The van der Waals surface area contributed by atoms with Crippen LogP contribution in [0.15, 0.2) is 84.0 Å². The van der Waals surface area contributed by atoms with Gasteiger partial charge in [0.05, 0.1) is 24.2 Å². The van der Waals surface area contributed by atoms with Crippen LogP contribution in [0.5, 0.6) is 0 Å². The summed E-state index contributed by atoms with van der Waals surface area (Å²) < 4.78 is 25.8. The Bertz CT molecular complexity index is 1180. The maximum atomic E-state index is 12.4. The smallest absolute Gasteiger partial charge is 0.267 e. The molecule has 0 aliphatic carbocycles. The van der Waals surface area contributed by atoms with Crippen molar-refractivity contribution in [2.45, 2.75) is 13.5 Å². The second-order valence-corrected chi connectivity index (χ2v) is 9.29. The standard InChI is InChI=1S/C23H22ClN3O3S/c1-17(19-12-14-21(24)15-13-19)25-26-23(28)20-10-8-18(9-11-20)16-27(31(2,29)30)22-6-4-3-5-7-22/h3-15H,16H2,1-2H3,(H,26,28)/b25-17-. The summed E-state index contributed by atoms with van der Waals surface area (Å²) in [5.41, 5.74) is 5.78. The number of sulfonamides is 1. The Hall–Kier alpha value is -3.16. The molecule has 0 spiro atoms. The van der Waals surface area contributed by atoms with Crippen molar-refractivity contribution in [1.29, 1.82) is 0 Å². The highest BCUT2D eigenvalue weighted by molar-refractivity contribution is 7.92. The van der Waals surface area contributed by atoms with Crippen molar-refractivity contribution in [2.24, 2.45) is 5.10 Å². The average molecular weight is 456 g/mol. The van der Waals surface area contributed by atoms with Crippen molar-refractivity contribution < 1.29 is 13.2 Å². The van der Waals surface area contributed by atoms with E-state index in [1.807, 2.05) is 18.2 Å². The summed E-state index contributed by atoms with van der Waals surface area (Å²) in [6.07, 6.45) is 1.17. The molecule has 3 aromatic rings. The molecule has 6 nitrogen and oxygen atoms in total. The van der Waals surface area contributed by atoms with Crippen molar-refractivity contribution >= 4 is 38.9 Å². The van der Waals surface area contributed by atoms with Crippen molar-refractivity contribution in [1.82, 2.24) is 5.43 Å². The molecule has 3 rings (SSSR count). The van der Waals surface area contributed by atoms with E-state index in [4.69, 9.17) is 11.6 Å². The lowest BCUT2D eigenvalue weighted by molar-refractivity contribution is 0.0955. The molecule has 0 unspecified atom stereocenters. The molecule has 0 bridgehead atoms. The van der Waals surface area contributed by atoms with Crippen LogP contribution in [0.4, 0.5) is 5.69 Å². The third kappa shape index (κ3) is 6.16. The first-order valence-corrected chi connectivity index (χ1v) is 11.7. The van der Waals surface area contributed by atoms with Gasteiger partial charge in [-0.15, -0.1) is 0 Å². The zero-order chi connectivity index (χ0) is 22.4. The van der Waals surface area contributed by atoms with Crippen LogP contribution in [0.2, 0.25) is 5.02 Å². The van der Waals surface area contributed by atoms with Crippen LogP contribution in [-0.4, -0.2) is 26.3 Å². The second-order valence-electron chi connectivity index (χ2n) is 6.95. The number of para-hydroxylation sites is 1. The monoisotopic (exact) mass is 455 g/mol. The average Bonchev–Trinajstić information content (AvgIpc) is 2.76. The molecule has 1 N–H and O–H groups in total. The molecule has 0 saturated heterocycles. The number of benzene rings is 3. The number of nitrogens with one attached hydrogen (secondary N) is 1. The molecule has 3 aromatic carbocycles.